The minimum atomic E-state index is 0. The SMILES string of the molecule is C.C.C.C#CCOCCOCCOc1ccc(C(C)C)cc1.CC(C)c1ccc(O)cc1.CC(C)c1cccc(Br)c1.CC(C)c1cccc(N)c1.CC(C)c1ccccn1.CC(C)c1nc2ccccc2[nH]1.CC(C)c1nc2ccccc2n1C.COc1ccc(C(C)C)cc1.Cc1ncc(C(C)C)cn1. The van der Waals surface area contributed by atoms with Gasteiger partial charge in [0, 0.05) is 53.3 Å². The smallest absolute Gasteiger partial charge is 0.125 e. The van der Waals surface area contributed by atoms with Crippen LogP contribution >= 0.6 is 15.9 Å². The number of fused-ring (bicyclic) bond motifs is 2. The number of methoxy groups -OCH3 is 1. The highest BCUT2D eigenvalue weighted by Crippen LogP contribution is 2.24. The molecule has 582 valence electrons. The van der Waals surface area contributed by atoms with Crippen LogP contribution in [-0.2, 0) is 16.5 Å². The number of aryl methyl sites for hydroxylation is 2. The first-order valence-electron chi connectivity index (χ1n) is 36.5. The maximum absolute atomic E-state index is 8.94. The van der Waals surface area contributed by atoms with Crippen LogP contribution < -0.4 is 15.2 Å². The van der Waals surface area contributed by atoms with E-state index < -0.39 is 0 Å². The third kappa shape index (κ3) is 39.3. The largest absolute Gasteiger partial charge is 0.508 e. The molecule has 11 aromatic rings. The van der Waals surface area contributed by atoms with Crippen molar-refractivity contribution < 1.29 is 24.1 Å². The van der Waals surface area contributed by atoms with Crippen molar-refractivity contribution in [3.05, 3.63) is 268 Å². The maximum atomic E-state index is 8.94. The van der Waals surface area contributed by atoms with E-state index in [0.717, 1.165) is 56.9 Å². The Morgan fingerprint density at radius 2 is 0.953 bits per heavy atom. The number of pyridine rings is 1. The second-order valence-electron chi connectivity index (χ2n) is 27.7. The first-order chi connectivity index (χ1) is 49.5. The zero-order chi connectivity index (χ0) is 77.1. The number of nitrogens with one attached hydrogen (secondary N) is 1. The van der Waals surface area contributed by atoms with Gasteiger partial charge in [-0.2, -0.15) is 0 Å². The van der Waals surface area contributed by atoms with Crippen LogP contribution in [-0.4, -0.2) is 79.7 Å². The summed E-state index contributed by atoms with van der Waals surface area (Å²) < 4.78 is 24.4. The summed E-state index contributed by atoms with van der Waals surface area (Å²) in [7, 11) is 3.76. The van der Waals surface area contributed by atoms with Gasteiger partial charge in [0.2, 0.25) is 0 Å². The van der Waals surface area contributed by atoms with Gasteiger partial charge in [0.1, 0.15) is 47.9 Å². The number of rotatable bonds is 18. The van der Waals surface area contributed by atoms with Crippen LogP contribution in [0, 0.1) is 19.3 Å². The Morgan fingerprint density at radius 3 is 1.38 bits per heavy atom. The van der Waals surface area contributed by atoms with Gasteiger partial charge in [-0.1, -0.05) is 260 Å². The summed E-state index contributed by atoms with van der Waals surface area (Å²) in [5.74, 6) is 12.5. The van der Waals surface area contributed by atoms with E-state index in [9.17, 15) is 0 Å². The number of hydrogen-bond acceptors (Lipinski definition) is 11. The standard InChI is InChI=1S/C16H22O3.C11H14N2.C10H12N2.C10H14O.C9H11Br.C9H13N.C9H12O.C8H12N2.C8H11N.3CH4/c1-4-9-17-10-11-18-12-13-19-16-7-5-15(6-8-16)14(2)3;1-8(2)11-12-9-6-4-5-7-10(9)13(11)3;1-7(2)10-11-8-5-3-4-6-9(8)12-10;1-8(2)9-4-6-10(11-3)7-5-9;2*1-7(2)8-4-3-5-9(10)6-8;1-7(2)8-3-5-9(10)6-4-8;1-6(2)8-4-9-7(3)10-5-8;1-7(2)8-5-3-4-6-9-8;;;/h1,5-8,14H,9-13H2,2-3H3;4-8H,1-3H3;3-7H,1-2H3,(H,11,12);4-8H,1-3H3;3-7H,1-2H3;3-7H,10H2,1-2H3;3-7,10H,1-2H3;4-6H,1-3H3;3-7H,1-2H3;3*1H4. The number of nitrogens with two attached hydrogens (primary N) is 1. The molecule has 0 aliphatic carbocycles. The van der Waals surface area contributed by atoms with E-state index in [1.165, 1.54) is 43.4 Å². The number of nitrogens with zero attached hydrogens (tertiary/aromatic N) is 6. The van der Waals surface area contributed by atoms with Gasteiger partial charge in [0.05, 0.1) is 49.0 Å². The number of halogens is 1. The van der Waals surface area contributed by atoms with Gasteiger partial charge < -0.3 is 39.3 Å². The molecule has 11 rings (SSSR count). The number of imidazole rings is 2. The summed E-state index contributed by atoms with van der Waals surface area (Å²) in [4.78, 5) is 24.7. The fourth-order valence-corrected chi connectivity index (χ4v) is 9.91. The molecule has 0 saturated carbocycles. The lowest BCUT2D eigenvalue weighted by Crippen LogP contribution is -2.10. The fraction of sp³-hybridized carbons (Fsp3) is 0.409. The lowest BCUT2D eigenvalue weighted by Gasteiger charge is -2.09. The molecule has 0 radical (unpaired) electrons. The normalized spacial score (nSPS) is 10.3. The van der Waals surface area contributed by atoms with Crippen molar-refractivity contribution in [3.63, 3.8) is 0 Å². The number of nitrogen functional groups attached to an aromatic ring is 1. The van der Waals surface area contributed by atoms with Crippen molar-refractivity contribution in [2.45, 2.75) is 207 Å². The molecular weight excluding hydrogens is 1390 g/mol. The average molecular weight is 1520 g/mol. The monoisotopic (exact) mass is 1520 g/mol. The Morgan fingerprint density at radius 1 is 0.477 bits per heavy atom. The molecule has 4 heterocycles. The van der Waals surface area contributed by atoms with Crippen LogP contribution in [0.1, 0.15) is 257 Å². The van der Waals surface area contributed by atoms with E-state index in [-0.39, 0.29) is 22.3 Å². The number of phenols is 1. The summed E-state index contributed by atoms with van der Waals surface area (Å²) in [6.07, 6.45) is 10.6. The Hall–Kier alpha value is -9.13. The molecule has 0 spiro atoms. The molecule has 107 heavy (non-hydrogen) atoms. The van der Waals surface area contributed by atoms with Crippen LogP contribution in [0.2, 0.25) is 0 Å². The number of H-pyrrole nitrogens is 1. The summed E-state index contributed by atoms with van der Waals surface area (Å²) in [5, 5.41) is 8.94. The zero-order valence-electron chi connectivity index (χ0n) is 66.2. The van der Waals surface area contributed by atoms with E-state index >= 15 is 0 Å². The molecule has 0 atom stereocenters. The van der Waals surface area contributed by atoms with Gasteiger partial charge in [0.25, 0.3) is 0 Å². The number of aromatic hydroxyl groups is 1. The number of phenolic OH excluding ortho intramolecular Hbond substituents is 1. The molecule has 0 amide bonds. The first-order valence-corrected chi connectivity index (χ1v) is 37.2. The van der Waals surface area contributed by atoms with Crippen LogP contribution in [0.15, 0.2) is 211 Å². The minimum absolute atomic E-state index is 0. The van der Waals surface area contributed by atoms with Crippen LogP contribution in [0.3, 0.4) is 0 Å². The van der Waals surface area contributed by atoms with Gasteiger partial charge >= 0.3 is 0 Å². The molecule has 14 heteroatoms. The molecular formula is C93H133BrN8O5. The number of aromatic nitrogens is 7. The number of terminal acetylenes is 1. The van der Waals surface area contributed by atoms with Gasteiger partial charge in [0.15, 0.2) is 0 Å². The van der Waals surface area contributed by atoms with Crippen molar-refractivity contribution in [1.82, 2.24) is 34.5 Å². The lowest BCUT2D eigenvalue weighted by molar-refractivity contribution is 0.0462. The molecule has 13 nitrogen and oxygen atoms in total. The van der Waals surface area contributed by atoms with Crippen molar-refractivity contribution in [3.8, 4) is 29.6 Å². The average Bonchev–Trinajstić information content (AvgIpc) is 1.67. The topological polar surface area (TPSA) is 168 Å². The van der Waals surface area contributed by atoms with Crippen molar-refractivity contribution >= 4 is 43.7 Å². The van der Waals surface area contributed by atoms with Gasteiger partial charge in [-0.3, -0.25) is 4.98 Å². The highest BCUT2D eigenvalue weighted by molar-refractivity contribution is 9.10. The highest BCUT2D eigenvalue weighted by atomic mass is 79.9. The number of para-hydroxylation sites is 4. The third-order valence-electron chi connectivity index (χ3n) is 16.1. The minimum Gasteiger partial charge on any atom is -0.508 e. The van der Waals surface area contributed by atoms with E-state index in [0.29, 0.717) is 92.0 Å². The summed E-state index contributed by atoms with van der Waals surface area (Å²) in [6, 6.07) is 62.5. The predicted octanol–water partition coefficient (Wildman–Crippen LogP) is 25.6. The second kappa shape index (κ2) is 54.5. The Balaban J connectivity index is 0.00000119. The fourth-order valence-electron chi connectivity index (χ4n) is 9.49. The zero-order valence-corrected chi connectivity index (χ0v) is 67.7. The summed E-state index contributed by atoms with van der Waals surface area (Å²) in [6.45, 7) is 43.2. The molecule has 0 fully saturated rings. The van der Waals surface area contributed by atoms with E-state index in [4.69, 9.17) is 36.2 Å². The number of ether oxygens (including phenoxy) is 4. The van der Waals surface area contributed by atoms with E-state index in [2.05, 4.69) is 249 Å². The van der Waals surface area contributed by atoms with Crippen LogP contribution in [0.5, 0.6) is 17.2 Å². The van der Waals surface area contributed by atoms with Crippen molar-refractivity contribution in [2.24, 2.45) is 7.05 Å². The van der Waals surface area contributed by atoms with Crippen LogP contribution in [0.25, 0.3) is 22.1 Å². The molecule has 4 aromatic heterocycles. The second-order valence-corrected chi connectivity index (χ2v) is 28.7. The number of hydrogen-bond donors (Lipinski definition) is 3. The first kappa shape index (κ1) is 97.9. The molecule has 0 unspecified atom stereocenters. The van der Waals surface area contributed by atoms with Crippen molar-refractivity contribution in [2.75, 3.05) is 45.9 Å². The Kier molecular flexibility index (Phi) is 49.8. The maximum Gasteiger partial charge on any atom is 0.125 e. The number of benzene rings is 7. The summed E-state index contributed by atoms with van der Waals surface area (Å²) >= 11 is 3.43. The van der Waals surface area contributed by atoms with Crippen LogP contribution in [0.4, 0.5) is 5.69 Å². The quantitative estimate of drug-likeness (QED) is 0.0425. The molecule has 7 aromatic carbocycles. The third-order valence-corrected chi connectivity index (χ3v) is 16.6. The predicted molar refractivity (Wildman–Crippen MR) is 463 cm³/mol. The summed E-state index contributed by atoms with van der Waals surface area (Å²) in [5.41, 5.74) is 19.9. The van der Waals surface area contributed by atoms with E-state index in [1.807, 2.05) is 141 Å². The van der Waals surface area contributed by atoms with Gasteiger partial charge in [-0.15, -0.1) is 6.42 Å². The molecule has 0 saturated heterocycles. The number of anilines is 1. The van der Waals surface area contributed by atoms with Gasteiger partial charge in [-0.25, -0.2) is 19.9 Å². The lowest BCUT2D eigenvalue weighted by atomic mass is 10.0. The molecule has 0 bridgehead atoms. The molecule has 0 aliphatic rings. The highest BCUT2D eigenvalue weighted by Gasteiger charge is 2.10. The molecule has 0 aliphatic heterocycles. The Labute approximate surface area is 655 Å². The number of aromatic amines is 1. The van der Waals surface area contributed by atoms with E-state index in [1.54, 1.807) is 19.2 Å². The Bertz CT molecular complexity index is 3950. The van der Waals surface area contributed by atoms with Gasteiger partial charge in [-0.05, 0) is 179 Å². The van der Waals surface area contributed by atoms with Crippen molar-refractivity contribution in [1.29, 1.82) is 0 Å². The molecule has 4 N–H and O–H groups in total.